The van der Waals surface area contributed by atoms with E-state index < -0.39 is 6.03 Å². The lowest BCUT2D eigenvalue weighted by Gasteiger charge is -2.14. The van der Waals surface area contributed by atoms with E-state index in [0.717, 1.165) is 83.1 Å². The molecule has 2 heterocycles. The number of primary amides is 1. The van der Waals surface area contributed by atoms with E-state index >= 15 is 0 Å². The molecule has 1 unspecified atom stereocenters. The number of thiol groups is 1. The summed E-state index contributed by atoms with van der Waals surface area (Å²) in [6.07, 6.45) is 10.5. The SMILES string of the molecule is C[C@@H](S)C1CN(CCCCCC(=O)OCCCCCNC(=O)CCCC[C@@H]2C[C@@H](NC(N)=O)CS2)NN1. The summed E-state index contributed by atoms with van der Waals surface area (Å²) >= 11 is 6.34. The van der Waals surface area contributed by atoms with Crippen LogP contribution in [0.25, 0.3) is 0 Å². The summed E-state index contributed by atoms with van der Waals surface area (Å²) in [4.78, 5) is 34.8. The van der Waals surface area contributed by atoms with Crippen LogP contribution in [0.4, 0.5) is 4.79 Å². The molecule has 0 aromatic carbocycles. The molecular weight excluding hydrogens is 512 g/mol. The minimum atomic E-state index is -0.451. The van der Waals surface area contributed by atoms with Gasteiger partial charge in [0.2, 0.25) is 5.91 Å². The predicted octanol–water partition coefficient (Wildman–Crippen LogP) is 2.49. The summed E-state index contributed by atoms with van der Waals surface area (Å²) in [7, 11) is 0. The van der Waals surface area contributed by atoms with Crippen LogP contribution in [0, 0.1) is 0 Å². The molecule has 0 saturated carbocycles. The van der Waals surface area contributed by atoms with Crippen LogP contribution in [0.15, 0.2) is 0 Å². The Labute approximate surface area is 232 Å². The summed E-state index contributed by atoms with van der Waals surface area (Å²) in [5.41, 5.74) is 11.6. The average Bonchev–Trinajstić information content (AvgIpc) is 3.50. The second-order valence-corrected chi connectivity index (χ2v) is 12.3. The molecule has 214 valence electrons. The number of nitrogens with one attached hydrogen (secondary N) is 4. The van der Waals surface area contributed by atoms with E-state index in [1.807, 2.05) is 11.8 Å². The number of unbranched alkanes of at least 4 members (excludes halogenated alkanes) is 5. The van der Waals surface area contributed by atoms with Crippen molar-refractivity contribution in [1.82, 2.24) is 26.6 Å². The fraction of sp³-hybridized carbons (Fsp3) is 0.880. The number of hydrogen-bond donors (Lipinski definition) is 6. The molecule has 2 fully saturated rings. The first-order chi connectivity index (χ1) is 17.8. The number of nitrogens with zero attached hydrogens (tertiary/aromatic N) is 1. The van der Waals surface area contributed by atoms with Crippen LogP contribution >= 0.6 is 24.4 Å². The van der Waals surface area contributed by atoms with E-state index in [0.29, 0.717) is 42.5 Å². The Balaban J connectivity index is 1.31. The molecule has 12 heteroatoms. The fourth-order valence-corrected chi connectivity index (χ4v) is 6.11. The van der Waals surface area contributed by atoms with Gasteiger partial charge in [0.15, 0.2) is 0 Å². The van der Waals surface area contributed by atoms with Crippen molar-refractivity contribution >= 4 is 42.3 Å². The molecule has 0 aliphatic carbocycles. The third-order valence-corrected chi connectivity index (χ3v) is 8.58. The zero-order valence-corrected chi connectivity index (χ0v) is 24.1. The van der Waals surface area contributed by atoms with Gasteiger partial charge in [0.25, 0.3) is 0 Å². The predicted molar refractivity (Wildman–Crippen MR) is 152 cm³/mol. The second kappa shape index (κ2) is 18.9. The molecule has 4 atom stereocenters. The zero-order valence-electron chi connectivity index (χ0n) is 22.3. The van der Waals surface area contributed by atoms with Gasteiger partial charge in [-0.05, 0) is 51.4 Å². The Morgan fingerprint density at radius 1 is 1.11 bits per heavy atom. The van der Waals surface area contributed by atoms with Crippen LogP contribution < -0.4 is 27.3 Å². The Hall–Kier alpha value is -1.21. The van der Waals surface area contributed by atoms with Crippen molar-refractivity contribution in [2.75, 3.05) is 32.0 Å². The number of amides is 3. The Kier molecular flexibility index (Phi) is 16.4. The van der Waals surface area contributed by atoms with Crippen LogP contribution in [0.5, 0.6) is 0 Å². The summed E-state index contributed by atoms with van der Waals surface area (Å²) in [6.45, 7) is 5.10. The molecule has 2 aliphatic heterocycles. The lowest BCUT2D eigenvalue weighted by molar-refractivity contribution is -0.143. The van der Waals surface area contributed by atoms with Gasteiger partial charge in [-0.1, -0.05) is 19.8 Å². The topological polar surface area (TPSA) is 138 Å². The number of urea groups is 1. The number of hydrogen-bond acceptors (Lipinski definition) is 9. The number of nitrogens with two attached hydrogens (primary N) is 1. The van der Waals surface area contributed by atoms with Crippen molar-refractivity contribution in [2.45, 2.75) is 107 Å². The Bertz CT molecular complexity index is 688. The molecule has 3 amide bonds. The van der Waals surface area contributed by atoms with Gasteiger partial charge in [-0.25, -0.2) is 15.2 Å². The van der Waals surface area contributed by atoms with Crippen molar-refractivity contribution in [1.29, 1.82) is 0 Å². The molecule has 6 N–H and O–H groups in total. The number of carbonyl (C=O) groups excluding carboxylic acids is 3. The standard InChI is InChI=1S/C25H48N6O4S2/c1-19(36)22-17-31(30-29-22)14-8-2-4-12-24(33)35-15-9-3-7-13-27-23(32)11-6-5-10-21-16-20(18-37-21)28-25(26)34/h19-22,29-30,36H,2-18H2,1H3,(H,27,32)(H3,26,28,34)/t19-,20-,21-,22?/m1/s1. The minimum absolute atomic E-state index is 0.103. The van der Waals surface area contributed by atoms with E-state index in [4.69, 9.17) is 10.5 Å². The molecule has 0 spiro atoms. The number of ether oxygens (including phenoxy) is 1. The van der Waals surface area contributed by atoms with Crippen molar-refractivity contribution < 1.29 is 19.1 Å². The van der Waals surface area contributed by atoms with Crippen LogP contribution in [-0.2, 0) is 14.3 Å². The first-order valence-corrected chi connectivity index (χ1v) is 15.4. The highest BCUT2D eigenvalue weighted by atomic mass is 32.2. The summed E-state index contributed by atoms with van der Waals surface area (Å²) in [5, 5.41) is 8.76. The normalized spacial score (nSPS) is 22.6. The fourth-order valence-electron chi connectivity index (χ4n) is 4.52. The molecule has 2 rings (SSSR count). The minimum Gasteiger partial charge on any atom is -0.466 e. The van der Waals surface area contributed by atoms with Crippen LogP contribution in [0.2, 0.25) is 0 Å². The monoisotopic (exact) mass is 560 g/mol. The van der Waals surface area contributed by atoms with Gasteiger partial charge in [0.1, 0.15) is 0 Å². The van der Waals surface area contributed by atoms with E-state index in [1.54, 1.807) is 0 Å². The zero-order chi connectivity index (χ0) is 26.9. The highest BCUT2D eigenvalue weighted by Crippen LogP contribution is 2.30. The smallest absolute Gasteiger partial charge is 0.312 e. The van der Waals surface area contributed by atoms with Crippen LogP contribution in [-0.4, -0.2) is 77.5 Å². The van der Waals surface area contributed by atoms with E-state index in [9.17, 15) is 14.4 Å². The molecule has 10 nitrogen and oxygen atoms in total. The lowest BCUT2D eigenvalue weighted by Crippen LogP contribution is -2.38. The van der Waals surface area contributed by atoms with E-state index in [1.165, 1.54) is 0 Å². The summed E-state index contributed by atoms with van der Waals surface area (Å²) < 4.78 is 5.33. The summed E-state index contributed by atoms with van der Waals surface area (Å²) in [6, 6.07) is 0.0871. The molecular formula is C25H48N6O4S2. The number of rotatable bonds is 19. The highest BCUT2D eigenvalue weighted by molar-refractivity contribution is 8.00. The maximum absolute atomic E-state index is 12.0. The average molecular weight is 561 g/mol. The number of hydrazine groups is 2. The van der Waals surface area contributed by atoms with Gasteiger partial charge in [-0.15, -0.1) is 0 Å². The Morgan fingerprint density at radius 3 is 2.65 bits per heavy atom. The van der Waals surface area contributed by atoms with Crippen molar-refractivity contribution in [3.63, 3.8) is 0 Å². The van der Waals surface area contributed by atoms with Gasteiger partial charge in [-0.3, -0.25) is 9.59 Å². The number of thioether (sulfide) groups is 1. The number of esters is 1. The van der Waals surface area contributed by atoms with E-state index in [-0.39, 0.29) is 17.9 Å². The third-order valence-electron chi connectivity index (χ3n) is 6.73. The van der Waals surface area contributed by atoms with Gasteiger partial charge >= 0.3 is 12.0 Å². The van der Waals surface area contributed by atoms with E-state index in [2.05, 4.69) is 46.2 Å². The van der Waals surface area contributed by atoms with Crippen molar-refractivity contribution in [3.8, 4) is 0 Å². The van der Waals surface area contributed by atoms with Crippen molar-refractivity contribution in [2.24, 2.45) is 5.73 Å². The molecule has 0 radical (unpaired) electrons. The molecule has 0 aromatic rings. The third kappa shape index (κ3) is 15.1. The first kappa shape index (κ1) is 32.0. The summed E-state index contributed by atoms with van der Waals surface area (Å²) in [5.74, 6) is 0.903. The highest BCUT2D eigenvalue weighted by Gasteiger charge is 2.25. The maximum atomic E-state index is 12.0. The van der Waals surface area contributed by atoms with Gasteiger partial charge in [0, 0.05) is 60.8 Å². The van der Waals surface area contributed by atoms with Crippen molar-refractivity contribution in [3.05, 3.63) is 0 Å². The largest absolute Gasteiger partial charge is 0.466 e. The van der Waals surface area contributed by atoms with Gasteiger partial charge < -0.3 is 21.1 Å². The second-order valence-electron chi connectivity index (χ2n) is 10.1. The quantitative estimate of drug-likeness (QED) is 0.0805. The Morgan fingerprint density at radius 2 is 1.89 bits per heavy atom. The first-order valence-electron chi connectivity index (χ1n) is 13.9. The van der Waals surface area contributed by atoms with Gasteiger partial charge in [-0.2, -0.15) is 29.9 Å². The van der Waals surface area contributed by atoms with Gasteiger partial charge in [0.05, 0.1) is 6.61 Å². The molecule has 0 aromatic heterocycles. The van der Waals surface area contributed by atoms with Crippen LogP contribution in [0.3, 0.4) is 0 Å². The lowest BCUT2D eigenvalue weighted by atomic mass is 10.1. The molecule has 37 heavy (non-hydrogen) atoms. The molecule has 2 aliphatic rings. The maximum Gasteiger partial charge on any atom is 0.312 e. The molecule has 2 saturated heterocycles. The molecule has 0 bridgehead atoms. The van der Waals surface area contributed by atoms with Crippen LogP contribution in [0.1, 0.15) is 84.0 Å². The number of carbonyl (C=O) groups is 3.